The van der Waals surface area contributed by atoms with Gasteiger partial charge in [-0.05, 0) is 30.0 Å². The molecule has 4 nitrogen and oxygen atoms in total. The van der Waals surface area contributed by atoms with Crippen molar-refractivity contribution >= 4 is 17.5 Å². The monoisotopic (exact) mass is 262 g/mol. The first-order valence-electron chi connectivity index (χ1n) is 6.66. The fourth-order valence-electron chi connectivity index (χ4n) is 1.65. The van der Waals surface area contributed by atoms with Gasteiger partial charge in [-0.25, -0.2) is 0 Å². The van der Waals surface area contributed by atoms with Crippen molar-refractivity contribution in [3.05, 3.63) is 29.8 Å². The molecule has 0 bridgehead atoms. The molecule has 1 aromatic carbocycles. The Hall–Kier alpha value is -1.84. The highest BCUT2D eigenvalue weighted by atomic mass is 16.2. The molecule has 104 valence electrons. The van der Waals surface area contributed by atoms with Crippen molar-refractivity contribution in [3.63, 3.8) is 0 Å². The fourth-order valence-corrected chi connectivity index (χ4v) is 1.65. The number of rotatable bonds is 6. The number of aryl methyl sites for hydroxylation is 1. The summed E-state index contributed by atoms with van der Waals surface area (Å²) in [5.41, 5.74) is 1.98. The average Bonchev–Trinajstić information content (AvgIpc) is 2.36. The Morgan fingerprint density at radius 1 is 1.11 bits per heavy atom. The maximum atomic E-state index is 11.6. The third-order valence-electron chi connectivity index (χ3n) is 2.69. The highest BCUT2D eigenvalue weighted by Gasteiger charge is 2.07. The number of amides is 2. The Kier molecular flexibility index (Phi) is 6.06. The molecule has 0 aliphatic carbocycles. The van der Waals surface area contributed by atoms with Crippen LogP contribution in [0.25, 0.3) is 0 Å². The molecule has 0 saturated heterocycles. The lowest BCUT2D eigenvalue weighted by Gasteiger charge is -2.08. The SMILES string of the molecule is CCc1ccc(NC(=O)CNC(=O)CC(C)C)cc1. The van der Waals surface area contributed by atoms with E-state index in [1.54, 1.807) is 0 Å². The third kappa shape index (κ3) is 6.04. The summed E-state index contributed by atoms with van der Waals surface area (Å²) in [5, 5.41) is 5.35. The van der Waals surface area contributed by atoms with Crippen LogP contribution in [0.3, 0.4) is 0 Å². The van der Waals surface area contributed by atoms with Crippen LogP contribution in [0.4, 0.5) is 5.69 Å². The van der Waals surface area contributed by atoms with Gasteiger partial charge < -0.3 is 10.6 Å². The molecule has 0 aliphatic heterocycles. The van der Waals surface area contributed by atoms with E-state index in [9.17, 15) is 9.59 Å². The molecule has 0 fully saturated rings. The van der Waals surface area contributed by atoms with Gasteiger partial charge in [-0.1, -0.05) is 32.9 Å². The zero-order valence-corrected chi connectivity index (χ0v) is 11.8. The van der Waals surface area contributed by atoms with Crippen molar-refractivity contribution in [2.75, 3.05) is 11.9 Å². The molecule has 0 heterocycles. The Labute approximate surface area is 114 Å². The van der Waals surface area contributed by atoms with Crippen LogP contribution in [0.2, 0.25) is 0 Å². The maximum absolute atomic E-state index is 11.6. The summed E-state index contributed by atoms with van der Waals surface area (Å²) in [6.07, 6.45) is 1.41. The molecule has 0 aliphatic rings. The molecular weight excluding hydrogens is 240 g/mol. The number of anilines is 1. The van der Waals surface area contributed by atoms with Crippen molar-refractivity contribution in [3.8, 4) is 0 Å². The summed E-state index contributed by atoms with van der Waals surface area (Å²) in [4.78, 5) is 23.0. The molecule has 0 atom stereocenters. The summed E-state index contributed by atoms with van der Waals surface area (Å²) in [6.45, 7) is 6.03. The largest absolute Gasteiger partial charge is 0.347 e. The highest BCUT2D eigenvalue weighted by Crippen LogP contribution is 2.09. The molecular formula is C15H22N2O2. The predicted molar refractivity (Wildman–Crippen MR) is 76.9 cm³/mol. The van der Waals surface area contributed by atoms with Gasteiger partial charge in [0.2, 0.25) is 11.8 Å². The van der Waals surface area contributed by atoms with E-state index in [0.29, 0.717) is 12.3 Å². The van der Waals surface area contributed by atoms with Crippen molar-refractivity contribution in [2.45, 2.75) is 33.6 Å². The second-order valence-electron chi connectivity index (χ2n) is 4.97. The second kappa shape index (κ2) is 7.56. The fraction of sp³-hybridized carbons (Fsp3) is 0.467. The molecule has 2 N–H and O–H groups in total. The van der Waals surface area contributed by atoms with Gasteiger partial charge in [-0.15, -0.1) is 0 Å². The number of carbonyl (C=O) groups is 2. The Morgan fingerprint density at radius 3 is 2.26 bits per heavy atom. The maximum Gasteiger partial charge on any atom is 0.243 e. The Morgan fingerprint density at radius 2 is 1.74 bits per heavy atom. The van der Waals surface area contributed by atoms with Crippen LogP contribution in [0, 0.1) is 5.92 Å². The van der Waals surface area contributed by atoms with Gasteiger partial charge in [-0.3, -0.25) is 9.59 Å². The number of hydrogen-bond donors (Lipinski definition) is 2. The summed E-state index contributed by atoms with van der Waals surface area (Å²) >= 11 is 0. The van der Waals surface area contributed by atoms with Crippen LogP contribution in [0.1, 0.15) is 32.8 Å². The van der Waals surface area contributed by atoms with Gasteiger partial charge in [0.25, 0.3) is 0 Å². The Bertz CT molecular complexity index is 424. The number of nitrogens with one attached hydrogen (secondary N) is 2. The zero-order valence-electron chi connectivity index (χ0n) is 11.8. The molecule has 1 aromatic rings. The summed E-state index contributed by atoms with van der Waals surface area (Å²) in [5.74, 6) is -0.00233. The minimum atomic E-state index is -0.207. The number of benzene rings is 1. The van der Waals surface area contributed by atoms with Crippen LogP contribution in [-0.4, -0.2) is 18.4 Å². The van der Waals surface area contributed by atoms with E-state index < -0.39 is 0 Å². The van der Waals surface area contributed by atoms with Crippen LogP contribution in [-0.2, 0) is 16.0 Å². The lowest BCUT2D eigenvalue weighted by Crippen LogP contribution is -2.33. The molecule has 2 amide bonds. The quantitative estimate of drug-likeness (QED) is 0.826. The first-order chi connectivity index (χ1) is 9.01. The minimum Gasteiger partial charge on any atom is -0.347 e. The normalized spacial score (nSPS) is 10.3. The molecule has 1 rings (SSSR count). The van der Waals surface area contributed by atoms with Crippen LogP contribution < -0.4 is 10.6 Å². The summed E-state index contributed by atoms with van der Waals surface area (Å²) in [7, 11) is 0. The lowest BCUT2D eigenvalue weighted by atomic mass is 10.1. The third-order valence-corrected chi connectivity index (χ3v) is 2.69. The van der Waals surface area contributed by atoms with Gasteiger partial charge in [0.15, 0.2) is 0 Å². The lowest BCUT2D eigenvalue weighted by molar-refractivity contribution is -0.124. The molecule has 0 unspecified atom stereocenters. The van der Waals surface area contributed by atoms with E-state index in [2.05, 4.69) is 17.6 Å². The van der Waals surface area contributed by atoms with Crippen LogP contribution >= 0.6 is 0 Å². The molecule has 0 aromatic heterocycles. The van der Waals surface area contributed by atoms with E-state index in [0.717, 1.165) is 12.1 Å². The van der Waals surface area contributed by atoms with E-state index in [1.807, 2.05) is 38.1 Å². The van der Waals surface area contributed by atoms with Crippen LogP contribution in [0.15, 0.2) is 24.3 Å². The summed E-state index contributed by atoms with van der Waals surface area (Å²) < 4.78 is 0. The average molecular weight is 262 g/mol. The van der Waals surface area contributed by atoms with E-state index in [1.165, 1.54) is 5.56 Å². The van der Waals surface area contributed by atoms with Gasteiger partial charge in [0, 0.05) is 12.1 Å². The van der Waals surface area contributed by atoms with Crippen LogP contribution in [0.5, 0.6) is 0 Å². The van der Waals surface area contributed by atoms with E-state index in [4.69, 9.17) is 0 Å². The molecule has 0 saturated carbocycles. The van der Waals surface area contributed by atoms with Crippen molar-refractivity contribution < 1.29 is 9.59 Å². The van der Waals surface area contributed by atoms with Gasteiger partial charge in [0.1, 0.15) is 0 Å². The molecule has 0 spiro atoms. The minimum absolute atomic E-state index is 0.0150. The summed E-state index contributed by atoms with van der Waals surface area (Å²) in [6, 6.07) is 7.69. The topological polar surface area (TPSA) is 58.2 Å². The number of hydrogen-bond acceptors (Lipinski definition) is 2. The van der Waals surface area contributed by atoms with E-state index >= 15 is 0 Å². The van der Waals surface area contributed by atoms with Crippen molar-refractivity contribution in [1.82, 2.24) is 5.32 Å². The predicted octanol–water partition coefficient (Wildman–Crippen LogP) is 2.35. The molecule has 0 radical (unpaired) electrons. The van der Waals surface area contributed by atoms with Crippen molar-refractivity contribution in [2.24, 2.45) is 5.92 Å². The van der Waals surface area contributed by atoms with Crippen molar-refractivity contribution in [1.29, 1.82) is 0 Å². The highest BCUT2D eigenvalue weighted by molar-refractivity contribution is 5.94. The van der Waals surface area contributed by atoms with Gasteiger partial charge in [-0.2, -0.15) is 0 Å². The van der Waals surface area contributed by atoms with E-state index in [-0.39, 0.29) is 18.4 Å². The number of carbonyl (C=O) groups excluding carboxylic acids is 2. The second-order valence-corrected chi connectivity index (χ2v) is 4.97. The van der Waals surface area contributed by atoms with Gasteiger partial charge >= 0.3 is 0 Å². The van der Waals surface area contributed by atoms with Gasteiger partial charge in [0.05, 0.1) is 6.54 Å². The first-order valence-corrected chi connectivity index (χ1v) is 6.66. The zero-order chi connectivity index (χ0) is 14.3. The first kappa shape index (κ1) is 15.2. The standard InChI is InChI=1S/C15H22N2O2/c1-4-12-5-7-13(8-6-12)17-15(19)10-16-14(18)9-11(2)3/h5-8,11H,4,9-10H2,1-3H3,(H,16,18)(H,17,19). The molecule has 19 heavy (non-hydrogen) atoms. The smallest absolute Gasteiger partial charge is 0.243 e. The molecule has 4 heteroatoms. The Balaban J connectivity index is 2.36.